The molecule has 164 valence electrons. The zero-order valence-corrected chi connectivity index (χ0v) is 17.6. The van der Waals surface area contributed by atoms with E-state index in [0.29, 0.717) is 45.8 Å². The number of carboxylic acid groups (broad SMARTS) is 1. The van der Waals surface area contributed by atoms with Gasteiger partial charge in [-0.2, -0.15) is 0 Å². The second-order valence-corrected chi connectivity index (χ2v) is 7.93. The fourth-order valence-electron chi connectivity index (χ4n) is 3.84. The summed E-state index contributed by atoms with van der Waals surface area (Å²) in [7, 11) is 0. The molecule has 1 N–H and O–H groups in total. The Kier molecular flexibility index (Phi) is 7.15. The average molecular weight is 418 g/mol. The van der Waals surface area contributed by atoms with E-state index in [0.717, 1.165) is 5.56 Å². The summed E-state index contributed by atoms with van der Waals surface area (Å²) in [5, 5.41) is 9.52. The smallest absolute Gasteiger partial charge is 0.410 e. The highest BCUT2D eigenvalue weighted by Gasteiger charge is 2.39. The minimum atomic E-state index is -1.07. The summed E-state index contributed by atoms with van der Waals surface area (Å²) >= 11 is 0. The average Bonchev–Trinajstić information content (AvgIpc) is 2.77. The predicted octanol–water partition coefficient (Wildman–Crippen LogP) is 1.54. The second-order valence-electron chi connectivity index (χ2n) is 7.93. The number of ether oxygens (including phenoxy) is 1. The van der Waals surface area contributed by atoms with E-state index in [4.69, 9.17) is 4.74 Å². The Hall–Kier alpha value is -2.81. The van der Waals surface area contributed by atoms with Crippen LogP contribution in [0.5, 0.6) is 0 Å². The van der Waals surface area contributed by atoms with Crippen molar-refractivity contribution < 1.29 is 24.2 Å². The lowest BCUT2D eigenvalue weighted by molar-refractivity contribution is -0.140. The zero-order chi connectivity index (χ0) is 21.7. The number of amides is 3. The Labute approximate surface area is 176 Å². The molecule has 3 rings (SSSR count). The molecule has 1 atom stereocenters. The Bertz CT molecular complexity index is 749. The number of carbonyl (C=O) groups excluding carboxylic acids is 2. The SMILES string of the molecule is CC(C)N1CCN(C(=O)O)[C@@H](C(=O)N2CCN(C(=O)OCc3ccccc3)CC2)C1. The van der Waals surface area contributed by atoms with Crippen LogP contribution in [0, 0.1) is 0 Å². The molecule has 3 amide bonds. The molecule has 2 heterocycles. The summed E-state index contributed by atoms with van der Waals surface area (Å²) in [6, 6.07) is 8.99. The first-order valence-electron chi connectivity index (χ1n) is 10.3. The van der Waals surface area contributed by atoms with E-state index in [1.54, 1.807) is 9.80 Å². The van der Waals surface area contributed by atoms with Crippen LogP contribution >= 0.6 is 0 Å². The maximum Gasteiger partial charge on any atom is 0.410 e. The first-order valence-corrected chi connectivity index (χ1v) is 10.3. The molecule has 1 aromatic carbocycles. The van der Waals surface area contributed by atoms with E-state index in [1.807, 2.05) is 44.2 Å². The van der Waals surface area contributed by atoms with E-state index >= 15 is 0 Å². The molecule has 0 aliphatic carbocycles. The standard InChI is InChI=1S/C21H30N4O5/c1-16(2)24-12-13-25(20(27)28)18(14-24)19(26)22-8-10-23(11-9-22)21(29)30-15-17-6-4-3-5-7-17/h3-7,16,18H,8-15H2,1-2H3,(H,27,28)/t18-/m1/s1. The first kappa shape index (κ1) is 21.9. The van der Waals surface area contributed by atoms with Gasteiger partial charge in [-0.1, -0.05) is 30.3 Å². The molecule has 9 heteroatoms. The van der Waals surface area contributed by atoms with Crippen molar-refractivity contribution in [3.8, 4) is 0 Å². The molecule has 30 heavy (non-hydrogen) atoms. The van der Waals surface area contributed by atoms with E-state index < -0.39 is 18.2 Å². The summed E-state index contributed by atoms with van der Waals surface area (Å²) in [5.74, 6) is -0.194. The van der Waals surface area contributed by atoms with Crippen LogP contribution in [0.15, 0.2) is 30.3 Å². The molecule has 0 radical (unpaired) electrons. The normalized spacial score (nSPS) is 20.4. The van der Waals surface area contributed by atoms with E-state index in [9.17, 15) is 19.5 Å². The van der Waals surface area contributed by atoms with Crippen molar-refractivity contribution in [2.45, 2.75) is 32.5 Å². The van der Waals surface area contributed by atoms with E-state index in [1.165, 1.54) is 4.90 Å². The third kappa shape index (κ3) is 5.21. The number of rotatable bonds is 4. The minimum absolute atomic E-state index is 0.194. The van der Waals surface area contributed by atoms with Gasteiger partial charge in [0, 0.05) is 51.9 Å². The molecule has 2 aliphatic heterocycles. The number of hydrogen-bond acceptors (Lipinski definition) is 5. The molecular weight excluding hydrogens is 388 g/mol. The minimum Gasteiger partial charge on any atom is -0.465 e. The molecule has 1 aromatic rings. The topological polar surface area (TPSA) is 93.6 Å². The predicted molar refractivity (Wildman–Crippen MR) is 110 cm³/mol. The van der Waals surface area contributed by atoms with Crippen LogP contribution in [0.4, 0.5) is 9.59 Å². The maximum atomic E-state index is 13.1. The van der Waals surface area contributed by atoms with Gasteiger partial charge in [0.2, 0.25) is 5.91 Å². The van der Waals surface area contributed by atoms with Crippen LogP contribution < -0.4 is 0 Å². The Morgan fingerprint density at radius 2 is 1.63 bits per heavy atom. The fourth-order valence-corrected chi connectivity index (χ4v) is 3.84. The Balaban J connectivity index is 1.53. The highest BCUT2D eigenvalue weighted by Crippen LogP contribution is 2.17. The van der Waals surface area contributed by atoms with Crippen LogP contribution in [0.2, 0.25) is 0 Å². The van der Waals surface area contributed by atoms with Crippen molar-refractivity contribution in [1.82, 2.24) is 19.6 Å². The van der Waals surface area contributed by atoms with Crippen LogP contribution in [0.3, 0.4) is 0 Å². The summed E-state index contributed by atoms with van der Waals surface area (Å²) in [6.07, 6.45) is -1.47. The van der Waals surface area contributed by atoms with Crippen LogP contribution in [0.25, 0.3) is 0 Å². The van der Waals surface area contributed by atoms with Gasteiger partial charge in [0.05, 0.1) is 0 Å². The highest BCUT2D eigenvalue weighted by molar-refractivity contribution is 5.86. The summed E-state index contributed by atoms with van der Waals surface area (Å²) in [5.41, 5.74) is 0.917. The van der Waals surface area contributed by atoms with Crippen molar-refractivity contribution in [3.63, 3.8) is 0 Å². The third-order valence-corrected chi connectivity index (χ3v) is 5.73. The summed E-state index contributed by atoms with van der Waals surface area (Å²) < 4.78 is 5.36. The summed E-state index contributed by atoms with van der Waals surface area (Å²) in [6.45, 7) is 7.08. The molecule has 0 aromatic heterocycles. The highest BCUT2D eigenvalue weighted by atomic mass is 16.6. The number of benzene rings is 1. The quantitative estimate of drug-likeness (QED) is 0.797. The van der Waals surface area contributed by atoms with Gasteiger partial charge >= 0.3 is 12.2 Å². The van der Waals surface area contributed by atoms with Gasteiger partial charge in [0.15, 0.2) is 0 Å². The number of hydrogen-bond donors (Lipinski definition) is 1. The van der Waals surface area contributed by atoms with Gasteiger partial charge in [-0.15, -0.1) is 0 Å². The largest absolute Gasteiger partial charge is 0.465 e. The maximum absolute atomic E-state index is 13.1. The zero-order valence-electron chi connectivity index (χ0n) is 17.6. The van der Waals surface area contributed by atoms with Gasteiger partial charge in [-0.3, -0.25) is 14.6 Å². The molecule has 2 aliphatic rings. The first-order chi connectivity index (χ1) is 14.4. The summed E-state index contributed by atoms with van der Waals surface area (Å²) in [4.78, 5) is 43.6. The second kappa shape index (κ2) is 9.80. The van der Waals surface area contributed by atoms with E-state index in [-0.39, 0.29) is 18.6 Å². The molecule has 0 spiro atoms. The number of piperazine rings is 2. The monoisotopic (exact) mass is 418 g/mol. The molecule has 2 fully saturated rings. The molecule has 0 bridgehead atoms. The third-order valence-electron chi connectivity index (χ3n) is 5.73. The molecule has 2 saturated heterocycles. The lowest BCUT2D eigenvalue weighted by Gasteiger charge is -2.43. The van der Waals surface area contributed by atoms with E-state index in [2.05, 4.69) is 4.90 Å². The lowest BCUT2D eigenvalue weighted by atomic mass is 10.1. The molecule has 9 nitrogen and oxygen atoms in total. The van der Waals surface area contributed by atoms with Gasteiger partial charge in [-0.25, -0.2) is 9.59 Å². The van der Waals surface area contributed by atoms with Crippen molar-refractivity contribution in [3.05, 3.63) is 35.9 Å². The van der Waals surface area contributed by atoms with Gasteiger partial charge in [-0.05, 0) is 19.4 Å². The van der Waals surface area contributed by atoms with Crippen LogP contribution in [0.1, 0.15) is 19.4 Å². The van der Waals surface area contributed by atoms with Crippen LogP contribution in [-0.2, 0) is 16.1 Å². The van der Waals surface area contributed by atoms with Gasteiger partial charge in [0.1, 0.15) is 12.6 Å². The van der Waals surface area contributed by atoms with Crippen molar-refractivity contribution in [2.75, 3.05) is 45.8 Å². The van der Waals surface area contributed by atoms with Crippen molar-refractivity contribution >= 4 is 18.1 Å². The van der Waals surface area contributed by atoms with Crippen molar-refractivity contribution in [2.24, 2.45) is 0 Å². The number of nitrogens with zero attached hydrogens (tertiary/aromatic N) is 4. The number of carbonyl (C=O) groups is 3. The van der Waals surface area contributed by atoms with Gasteiger partial charge in [0.25, 0.3) is 0 Å². The fraction of sp³-hybridized carbons (Fsp3) is 0.571. The lowest BCUT2D eigenvalue weighted by Crippen LogP contribution is -2.63. The Morgan fingerprint density at radius 1 is 1.00 bits per heavy atom. The molecule has 0 unspecified atom stereocenters. The van der Waals surface area contributed by atoms with Gasteiger partial charge < -0.3 is 19.6 Å². The van der Waals surface area contributed by atoms with Crippen molar-refractivity contribution in [1.29, 1.82) is 0 Å². The molecular formula is C21H30N4O5. The molecule has 0 saturated carbocycles. The van der Waals surface area contributed by atoms with Crippen LogP contribution in [-0.4, -0.2) is 101 Å². The Morgan fingerprint density at radius 3 is 2.23 bits per heavy atom.